The second kappa shape index (κ2) is 4.37. The Bertz CT molecular complexity index is 597. The van der Waals surface area contributed by atoms with Gasteiger partial charge in [0.05, 0.1) is 12.2 Å². The molecular formula is C12H13N3O2. The van der Waals surface area contributed by atoms with Gasteiger partial charge in [-0.2, -0.15) is 5.10 Å². The lowest BCUT2D eigenvalue weighted by molar-refractivity contribution is 0.100. The third kappa shape index (κ3) is 2.18. The summed E-state index contributed by atoms with van der Waals surface area (Å²) < 4.78 is 3.05. The van der Waals surface area contributed by atoms with E-state index in [1.165, 1.54) is 11.5 Å². The van der Waals surface area contributed by atoms with Gasteiger partial charge in [-0.3, -0.25) is 14.3 Å². The number of aromatic nitrogens is 3. The molecule has 0 aromatic carbocycles. The highest BCUT2D eigenvalue weighted by Gasteiger charge is 2.09. The lowest BCUT2D eigenvalue weighted by atomic mass is 10.2. The van der Waals surface area contributed by atoms with Crippen LogP contribution in [0.4, 0.5) is 0 Å². The molecule has 2 heterocycles. The smallest absolute Gasteiger partial charge is 0.255 e. The van der Waals surface area contributed by atoms with Crippen LogP contribution in [0.3, 0.4) is 0 Å². The molecule has 0 aliphatic heterocycles. The number of carbonyl (C=O) groups is 1. The van der Waals surface area contributed by atoms with E-state index in [1.54, 1.807) is 42.3 Å². The van der Waals surface area contributed by atoms with Crippen molar-refractivity contribution in [2.24, 2.45) is 7.05 Å². The van der Waals surface area contributed by atoms with Crippen molar-refractivity contribution in [1.82, 2.24) is 14.3 Å². The number of Topliss-reactive ketones (excluding diaryl/α,β-unsaturated/α-hetero) is 1. The minimum absolute atomic E-state index is 0.116. The summed E-state index contributed by atoms with van der Waals surface area (Å²) in [5, 5.41) is 4.04. The molecule has 0 fully saturated rings. The Balaban J connectivity index is 2.41. The van der Waals surface area contributed by atoms with Gasteiger partial charge in [0.1, 0.15) is 0 Å². The average Bonchev–Trinajstić information content (AvgIpc) is 2.77. The predicted octanol–water partition coefficient (Wildman–Crippen LogP) is 0.833. The molecule has 0 saturated carbocycles. The summed E-state index contributed by atoms with van der Waals surface area (Å²) in [5.74, 6) is -0.116. The Morgan fingerprint density at radius 2 is 2.18 bits per heavy atom. The monoisotopic (exact) mass is 231 g/mol. The van der Waals surface area contributed by atoms with E-state index in [4.69, 9.17) is 0 Å². The van der Waals surface area contributed by atoms with Crippen LogP contribution in [0.15, 0.2) is 35.4 Å². The van der Waals surface area contributed by atoms with Gasteiger partial charge in [-0.05, 0) is 18.2 Å². The Morgan fingerprint density at radius 3 is 2.76 bits per heavy atom. The van der Waals surface area contributed by atoms with E-state index >= 15 is 0 Å². The van der Waals surface area contributed by atoms with Crippen LogP contribution in [0.2, 0.25) is 0 Å². The number of nitrogens with zero attached hydrogens (tertiary/aromatic N) is 3. The standard InChI is InChI=1S/C12H13N3O2/c1-9(16)11-5-4-10(12(17)14(11)2)8-15-7-3-6-13-15/h3-7H,8H2,1-2H3. The van der Waals surface area contributed by atoms with E-state index in [2.05, 4.69) is 5.10 Å². The highest BCUT2D eigenvalue weighted by atomic mass is 16.1. The molecule has 0 saturated heterocycles. The molecule has 0 atom stereocenters. The summed E-state index contributed by atoms with van der Waals surface area (Å²) in [6, 6.07) is 5.15. The van der Waals surface area contributed by atoms with Crippen molar-refractivity contribution in [3.63, 3.8) is 0 Å². The van der Waals surface area contributed by atoms with E-state index in [0.29, 0.717) is 17.8 Å². The zero-order valence-electron chi connectivity index (χ0n) is 9.75. The van der Waals surface area contributed by atoms with Crippen molar-refractivity contribution < 1.29 is 4.79 Å². The number of hydrogen-bond donors (Lipinski definition) is 0. The van der Waals surface area contributed by atoms with Gasteiger partial charge in [-0.25, -0.2) is 0 Å². The quantitative estimate of drug-likeness (QED) is 0.735. The molecule has 0 aliphatic carbocycles. The van der Waals surface area contributed by atoms with Crippen LogP contribution in [0, 0.1) is 0 Å². The number of carbonyl (C=O) groups excluding carboxylic acids is 1. The van der Waals surface area contributed by atoms with E-state index < -0.39 is 0 Å². The van der Waals surface area contributed by atoms with Crippen LogP contribution in [0.1, 0.15) is 23.0 Å². The normalized spacial score (nSPS) is 10.5. The van der Waals surface area contributed by atoms with Crippen molar-refractivity contribution in [2.45, 2.75) is 13.5 Å². The third-order valence-electron chi connectivity index (χ3n) is 2.64. The van der Waals surface area contributed by atoms with E-state index in [-0.39, 0.29) is 11.3 Å². The van der Waals surface area contributed by atoms with Crippen molar-refractivity contribution in [1.29, 1.82) is 0 Å². The Hall–Kier alpha value is -2.17. The van der Waals surface area contributed by atoms with Gasteiger partial charge in [0.2, 0.25) is 0 Å². The molecule has 0 radical (unpaired) electrons. The number of rotatable bonds is 3. The minimum Gasteiger partial charge on any atom is -0.308 e. The first-order chi connectivity index (χ1) is 8.09. The molecule has 88 valence electrons. The van der Waals surface area contributed by atoms with E-state index in [0.717, 1.165) is 0 Å². The first kappa shape index (κ1) is 11.3. The first-order valence-electron chi connectivity index (χ1n) is 5.27. The molecule has 2 aromatic rings. The largest absolute Gasteiger partial charge is 0.308 e. The zero-order chi connectivity index (χ0) is 12.4. The molecule has 0 spiro atoms. The van der Waals surface area contributed by atoms with Gasteiger partial charge >= 0.3 is 0 Å². The highest BCUT2D eigenvalue weighted by molar-refractivity contribution is 5.92. The fourth-order valence-corrected chi connectivity index (χ4v) is 1.73. The summed E-state index contributed by atoms with van der Waals surface area (Å²) in [7, 11) is 1.60. The lowest BCUT2D eigenvalue weighted by Crippen LogP contribution is -2.26. The summed E-state index contributed by atoms with van der Waals surface area (Å²) in [4.78, 5) is 23.3. The topological polar surface area (TPSA) is 56.9 Å². The predicted molar refractivity (Wildman–Crippen MR) is 63.0 cm³/mol. The van der Waals surface area contributed by atoms with Gasteiger partial charge in [0.25, 0.3) is 5.56 Å². The summed E-state index contributed by atoms with van der Waals surface area (Å²) in [5.41, 5.74) is 0.869. The first-order valence-corrected chi connectivity index (χ1v) is 5.27. The molecule has 0 amide bonds. The number of hydrogen-bond acceptors (Lipinski definition) is 3. The van der Waals surface area contributed by atoms with Crippen LogP contribution in [0.25, 0.3) is 0 Å². The van der Waals surface area contributed by atoms with Crippen LogP contribution in [0.5, 0.6) is 0 Å². The lowest BCUT2D eigenvalue weighted by Gasteiger charge is -2.07. The summed E-state index contributed by atoms with van der Waals surface area (Å²) in [6.07, 6.45) is 3.45. The van der Waals surface area contributed by atoms with Crippen molar-refractivity contribution >= 4 is 5.78 Å². The SMILES string of the molecule is CC(=O)c1ccc(Cn2cccn2)c(=O)n1C. The Labute approximate surface area is 98.3 Å². The van der Waals surface area contributed by atoms with Gasteiger partial charge in [0, 0.05) is 31.9 Å². The molecule has 17 heavy (non-hydrogen) atoms. The summed E-state index contributed by atoms with van der Waals surface area (Å²) in [6.45, 7) is 1.86. The molecule has 2 rings (SSSR count). The van der Waals surface area contributed by atoms with E-state index in [1.807, 2.05) is 0 Å². The molecule has 2 aromatic heterocycles. The van der Waals surface area contributed by atoms with Crippen molar-refractivity contribution in [3.05, 3.63) is 52.2 Å². The van der Waals surface area contributed by atoms with Crippen LogP contribution in [-0.2, 0) is 13.6 Å². The van der Waals surface area contributed by atoms with Crippen molar-refractivity contribution in [2.75, 3.05) is 0 Å². The molecule has 5 nitrogen and oxygen atoms in total. The molecular weight excluding hydrogens is 218 g/mol. The van der Waals surface area contributed by atoms with Crippen LogP contribution < -0.4 is 5.56 Å². The molecule has 0 N–H and O–H groups in total. The highest BCUT2D eigenvalue weighted by Crippen LogP contribution is 2.01. The van der Waals surface area contributed by atoms with E-state index in [9.17, 15) is 9.59 Å². The fraction of sp³-hybridized carbons (Fsp3) is 0.250. The number of ketones is 1. The molecule has 5 heteroatoms. The van der Waals surface area contributed by atoms with Crippen LogP contribution >= 0.6 is 0 Å². The van der Waals surface area contributed by atoms with Crippen LogP contribution in [-0.4, -0.2) is 20.1 Å². The van der Waals surface area contributed by atoms with Crippen molar-refractivity contribution in [3.8, 4) is 0 Å². The molecule has 0 aliphatic rings. The molecule has 0 unspecified atom stereocenters. The Morgan fingerprint density at radius 1 is 1.41 bits per heavy atom. The maximum atomic E-state index is 12.0. The third-order valence-corrected chi connectivity index (χ3v) is 2.64. The number of pyridine rings is 1. The summed E-state index contributed by atoms with van der Waals surface area (Å²) >= 11 is 0. The fourth-order valence-electron chi connectivity index (χ4n) is 1.73. The van der Waals surface area contributed by atoms with Gasteiger partial charge < -0.3 is 4.57 Å². The maximum Gasteiger partial charge on any atom is 0.255 e. The van der Waals surface area contributed by atoms with Gasteiger partial charge in [-0.15, -0.1) is 0 Å². The second-order valence-corrected chi connectivity index (χ2v) is 3.87. The Kier molecular flexibility index (Phi) is 2.91. The maximum absolute atomic E-state index is 12.0. The minimum atomic E-state index is -0.159. The zero-order valence-corrected chi connectivity index (χ0v) is 9.75. The molecule has 0 bridgehead atoms. The average molecular weight is 231 g/mol. The second-order valence-electron chi connectivity index (χ2n) is 3.87. The van der Waals surface area contributed by atoms with Gasteiger partial charge in [-0.1, -0.05) is 0 Å². The van der Waals surface area contributed by atoms with Gasteiger partial charge in [0.15, 0.2) is 5.78 Å².